The number of nitrogens with one attached hydrogen (secondary N) is 2. The van der Waals surface area contributed by atoms with Crippen LogP contribution in [0.1, 0.15) is 25.7 Å². The van der Waals surface area contributed by atoms with Gasteiger partial charge in [0.1, 0.15) is 0 Å². The van der Waals surface area contributed by atoms with Crippen LogP contribution in [0.5, 0.6) is 0 Å². The van der Waals surface area contributed by atoms with Gasteiger partial charge in [-0.1, -0.05) is 23.7 Å². The molecule has 0 radical (unpaired) electrons. The second-order valence-corrected chi connectivity index (χ2v) is 7.02. The zero-order valence-electron chi connectivity index (χ0n) is 11.3. The molecule has 0 aromatic heterocycles. The van der Waals surface area contributed by atoms with Gasteiger partial charge in [-0.15, -0.1) is 11.8 Å². The molecule has 3 rings (SSSR count). The van der Waals surface area contributed by atoms with Gasteiger partial charge in [-0.3, -0.25) is 4.79 Å². The summed E-state index contributed by atoms with van der Waals surface area (Å²) in [6.07, 6.45) is 4.65. The summed E-state index contributed by atoms with van der Waals surface area (Å²) < 4.78 is 0. The van der Waals surface area contributed by atoms with Gasteiger partial charge in [0.25, 0.3) is 0 Å². The Morgan fingerprint density at radius 2 is 2.00 bits per heavy atom. The highest BCUT2D eigenvalue weighted by Crippen LogP contribution is 2.28. The number of halogens is 1. The molecule has 2 aliphatic heterocycles. The van der Waals surface area contributed by atoms with E-state index in [9.17, 15) is 4.79 Å². The Morgan fingerprint density at radius 3 is 2.70 bits per heavy atom. The summed E-state index contributed by atoms with van der Waals surface area (Å²) in [5, 5.41) is 7.46. The molecule has 2 heterocycles. The number of piperidine rings is 1. The monoisotopic (exact) mass is 310 g/mol. The molecule has 0 spiro atoms. The normalized spacial score (nSPS) is 28.4. The third kappa shape index (κ3) is 3.48. The zero-order chi connectivity index (χ0) is 13.9. The van der Waals surface area contributed by atoms with Crippen molar-refractivity contribution in [3.63, 3.8) is 0 Å². The van der Waals surface area contributed by atoms with Gasteiger partial charge in [-0.05, 0) is 37.8 Å². The molecule has 2 N–H and O–H groups in total. The first kappa shape index (κ1) is 14.2. The third-order valence-electron chi connectivity index (χ3n) is 4.03. The van der Waals surface area contributed by atoms with Crippen molar-refractivity contribution in [3.05, 3.63) is 29.3 Å². The molecule has 108 valence electrons. The van der Waals surface area contributed by atoms with Gasteiger partial charge >= 0.3 is 0 Å². The minimum absolute atomic E-state index is 0.112. The van der Waals surface area contributed by atoms with E-state index in [1.165, 1.54) is 24.6 Å². The van der Waals surface area contributed by atoms with E-state index in [2.05, 4.69) is 10.6 Å². The Morgan fingerprint density at radius 1 is 1.30 bits per heavy atom. The first-order chi connectivity index (χ1) is 9.70. The third-order valence-corrected chi connectivity index (χ3v) is 5.55. The van der Waals surface area contributed by atoms with Gasteiger partial charge < -0.3 is 10.6 Å². The predicted octanol–water partition coefficient (Wildman–Crippen LogP) is 2.83. The number of amides is 1. The van der Waals surface area contributed by atoms with E-state index in [1.807, 2.05) is 24.3 Å². The van der Waals surface area contributed by atoms with E-state index >= 15 is 0 Å². The van der Waals surface area contributed by atoms with Crippen LogP contribution in [-0.4, -0.2) is 29.8 Å². The maximum atomic E-state index is 12.0. The van der Waals surface area contributed by atoms with Crippen molar-refractivity contribution < 1.29 is 4.79 Å². The molecule has 1 aromatic rings. The Hall–Kier alpha value is -0.710. The molecule has 2 atom stereocenters. The van der Waals surface area contributed by atoms with Crippen LogP contribution in [0.15, 0.2) is 29.2 Å². The SMILES string of the molecule is O=C(CSc1ccccc1Cl)NC1CC2CCC(C1)N2. The number of hydrogen-bond donors (Lipinski definition) is 2. The van der Waals surface area contributed by atoms with E-state index in [0.29, 0.717) is 28.9 Å². The van der Waals surface area contributed by atoms with Crippen LogP contribution in [0, 0.1) is 0 Å². The minimum Gasteiger partial charge on any atom is -0.353 e. The lowest BCUT2D eigenvalue weighted by atomic mass is 10.00. The zero-order valence-corrected chi connectivity index (χ0v) is 12.8. The van der Waals surface area contributed by atoms with Crippen molar-refractivity contribution in [3.8, 4) is 0 Å². The molecule has 3 nitrogen and oxygen atoms in total. The van der Waals surface area contributed by atoms with Crippen LogP contribution < -0.4 is 10.6 Å². The first-order valence-corrected chi connectivity index (χ1v) is 8.50. The van der Waals surface area contributed by atoms with E-state index in [0.717, 1.165) is 17.7 Å². The molecular weight excluding hydrogens is 292 g/mol. The number of benzene rings is 1. The molecule has 2 fully saturated rings. The van der Waals surface area contributed by atoms with Gasteiger partial charge in [0.15, 0.2) is 0 Å². The molecule has 2 aliphatic rings. The smallest absolute Gasteiger partial charge is 0.230 e. The van der Waals surface area contributed by atoms with Gasteiger partial charge in [-0.2, -0.15) is 0 Å². The highest BCUT2D eigenvalue weighted by atomic mass is 35.5. The molecule has 2 bridgehead atoms. The number of hydrogen-bond acceptors (Lipinski definition) is 3. The maximum Gasteiger partial charge on any atom is 0.230 e. The fourth-order valence-electron chi connectivity index (χ4n) is 3.15. The van der Waals surface area contributed by atoms with Crippen LogP contribution in [0.2, 0.25) is 5.02 Å². The van der Waals surface area contributed by atoms with Crippen molar-refractivity contribution in [1.29, 1.82) is 0 Å². The number of carbonyl (C=O) groups is 1. The number of rotatable bonds is 4. The Bertz CT molecular complexity index is 485. The minimum atomic E-state index is 0.112. The number of fused-ring (bicyclic) bond motifs is 2. The standard InChI is InChI=1S/C15H19ClN2OS/c16-13-3-1-2-4-14(13)20-9-15(19)18-12-7-10-5-6-11(8-12)17-10/h1-4,10-12,17H,5-9H2,(H,18,19). The molecule has 1 aromatic carbocycles. The Kier molecular flexibility index (Phi) is 4.54. The molecule has 1 amide bonds. The Labute approximate surface area is 128 Å². The summed E-state index contributed by atoms with van der Waals surface area (Å²) in [6.45, 7) is 0. The van der Waals surface area contributed by atoms with E-state index in [4.69, 9.17) is 11.6 Å². The summed E-state index contributed by atoms with van der Waals surface area (Å²) in [4.78, 5) is 13.0. The first-order valence-electron chi connectivity index (χ1n) is 7.13. The lowest BCUT2D eigenvalue weighted by molar-refractivity contribution is -0.119. The molecule has 5 heteroatoms. The lowest BCUT2D eigenvalue weighted by Crippen LogP contribution is -2.48. The van der Waals surface area contributed by atoms with Crippen molar-refractivity contribution >= 4 is 29.3 Å². The topological polar surface area (TPSA) is 41.1 Å². The average Bonchev–Trinajstić information content (AvgIpc) is 2.77. The quantitative estimate of drug-likeness (QED) is 0.840. The average molecular weight is 311 g/mol. The van der Waals surface area contributed by atoms with Crippen LogP contribution in [-0.2, 0) is 4.79 Å². The maximum absolute atomic E-state index is 12.0. The van der Waals surface area contributed by atoms with E-state index in [-0.39, 0.29) is 5.91 Å². The van der Waals surface area contributed by atoms with Gasteiger partial charge in [0.05, 0.1) is 10.8 Å². The van der Waals surface area contributed by atoms with Crippen molar-refractivity contribution in [2.75, 3.05) is 5.75 Å². The van der Waals surface area contributed by atoms with Crippen molar-refractivity contribution in [2.45, 2.75) is 48.7 Å². The van der Waals surface area contributed by atoms with Gasteiger partial charge in [0.2, 0.25) is 5.91 Å². The number of carbonyl (C=O) groups excluding carboxylic acids is 1. The van der Waals surface area contributed by atoms with Gasteiger partial charge in [-0.25, -0.2) is 0 Å². The summed E-state index contributed by atoms with van der Waals surface area (Å²) in [5.41, 5.74) is 0. The van der Waals surface area contributed by atoms with Crippen LogP contribution in [0.3, 0.4) is 0 Å². The molecular formula is C15H19ClN2OS. The highest BCUT2D eigenvalue weighted by Gasteiger charge is 2.33. The summed E-state index contributed by atoms with van der Waals surface area (Å²) in [7, 11) is 0. The lowest BCUT2D eigenvalue weighted by Gasteiger charge is -2.29. The van der Waals surface area contributed by atoms with Crippen molar-refractivity contribution in [1.82, 2.24) is 10.6 Å². The Balaban J connectivity index is 1.47. The predicted molar refractivity (Wildman–Crippen MR) is 83.3 cm³/mol. The summed E-state index contributed by atoms with van der Waals surface area (Å²) in [5.74, 6) is 0.546. The van der Waals surface area contributed by atoms with Crippen LogP contribution in [0.25, 0.3) is 0 Å². The largest absolute Gasteiger partial charge is 0.353 e. The molecule has 2 saturated heterocycles. The van der Waals surface area contributed by atoms with Crippen LogP contribution >= 0.6 is 23.4 Å². The summed E-state index contributed by atoms with van der Waals surface area (Å²) >= 11 is 7.59. The van der Waals surface area contributed by atoms with Crippen molar-refractivity contribution in [2.24, 2.45) is 0 Å². The van der Waals surface area contributed by atoms with Gasteiger partial charge in [0, 0.05) is 23.0 Å². The highest BCUT2D eigenvalue weighted by molar-refractivity contribution is 8.00. The second kappa shape index (κ2) is 6.37. The fourth-order valence-corrected chi connectivity index (χ4v) is 4.20. The summed E-state index contributed by atoms with van der Waals surface area (Å²) in [6, 6.07) is 9.20. The van der Waals surface area contributed by atoms with Crippen LogP contribution in [0.4, 0.5) is 0 Å². The fraction of sp³-hybridized carbons (Fsp3) is 0.533. The molecule has 0 saturated carbocycles. The van der Waals surface area contributed by atoms with E-state index in [1.54, 1.807) is 0 Å². The molecule has 2 unspecified atom stereocenters. The van der Waals surface area contributed by atoms with E-state index < -0.39 is 0 Å². The number of thioether (sulfide) groups is 1. The molecule has 0 aliphatic carbocycles. The second-order valence-electron chi connectivity index (χ2n) is 5.59. The molecule has 20 heavy (non-hydrogen) atoms.